The first kappa shape index (κ1) is 16.5. The number of hydrogen-bond donors (Lipinski definition) is 1. The standard InChI is InChI=1S/C10H16O2S.C4H10/c1-9(2)13(11,12-3)10-7-5-4-6-8-10;1-4(2)3/h4-9,11H,1-3H3;4H,1-3H3. The Morgan fingerprint density at radius 1 is 1.00 bits per heavy atom. The highest BCUT2D eigenvalue weighted by Gasteiger charge is 2.22. The van der Waals surface area contributed by atoms with Gasteiger partial charge in [-0.2, -0.15) is 10.6 Å². The minimum atomic E-state index is -2.07. The van der Waals surface area contributed by atoms with E-state index in [9.17, 15) is 4.55 Å². The first-order chi connectivity index (χ1) is 7.84. The van der Waals surface area contributed by atoms with Gasteiger partial charge < -0.3 is 0 Å². The van der Waals surface area contributed by atoms with Crippen LogP contribution < -0.4 is 0 Å². The lowest BCUT2D eigenvalue weighted by molar-refractivity contribution is 0.388. The zero-order chi connectivity index (χ0) is 13.5. The monoisotopic (exact) mass is 258 g/mol. The zero-order valence-corrected chi connectivity index (χ0v) is 12.6. The Morgan fingerprint density at radius 3 is 1.71 bits per heavy atom. The van der Waals surface area contributed by atoms with Gasteiger partial charge in [0.05, 0.1) is 12.0 Å². The predicted octanol–water partition coefficient (Wildman–Crippen LogP) is 4.96. The maximum absolute atomic E-state index is 10.2. The Bertz CT molecular complexity index is 296. The van der Waals surface area contributed by atoms with Crippen LogP contribution in [0.3, 0.4) is 0 Å². The van der Waals surface area contributed by atoms with Crippen LogP contribution in [0.15, 0.2) is 35.2 Å². The van der Waals surface area contributed by atoms with Gasteiger partial charge in [-0.05, 0) is 31.9 Å². The summed E-state index contributed by atoms with van der Waals surface area (Å²) < 4.78 is 15.5. The summed E-state index contributed by atoms with van der Waals surface area (Å²) in [4.78, 5) is 0.882. The second-order valence-corrected chi connectivity index (χ2v) is 7.71. The lowest BCUT2D eigenvalue weighted by Crippen LogP contribution is -2.13. The fourth-order valence-corrected chi connectivity index (χ4v) is 2.85. The minimum Gasteiger partial charge on any atom is -0.294 e. The van der Waals surface area contributed by atoms with E-state index in [0.717, 1.165) is 10.8 Å². The fraction of sp³-hybridized carbons (Fsp3) is 0.571. The van der Waals surface area contributed by atoms with Crippen LogP contribution in [0.2, 0.25) is 0 Å². The van der Waals surface area contributed by atoms with Crippen molar-refractivity contribution in [3.05, 3.63) is 30.3 Å². The van der Waals surface area contributed by atoms with E-state index in [4.69, 9.17) is 4.18 Å². The molecule has 0 aliphatic carbocycles. The number of benzene rings is 1. The van der Waals surface area contributed by atoms with E-state index in [0.29, 0.717) is 0 Å². The van der Waals surface area contributed by atoms with Crippen molar-refractivity contribution >= 4 is 10.6 Å². The van der Waals surface area contributed by atoms with Crippen LogP contribution in [-0.2, 0) is 4.18 Å². The van der Waals surface area contributed by atoms with Crippen molar-refractivity contribution in [2.24, 2.45) is 5.92 Å². The first-order valence-corrected chi connectivity index (χ1v) is 7.57. The fourth-order valence-electron chi connectivity index (χ4n) is 1.18. The van der Waals surface area contributed by atoms with Crippen LogP contribution >= 0.6 is 10.6 Å². The van der Waals surface area contributed by atoms with E-state index in [-0.39, 0.29) is 5.25 Å². The van der Waals surface area contributed by atoms with Crippen molar-refractivity contribution in [1.82, 2.24) is 0 Å². The van der Waals surface area contributed by atoms with Crippen molar-refractivity contribution in [1.29, 1.82) is 0 Å². The second-order valence-electron chi connectivity index (χ2n) is 4.83. The van der Waals surface area contributed by atoms with Crippen molar-refractivity contribution in [3.63, 3.8) is 0 Å². The quantitative estimate of drug-likeness (QED) is 0.830. The predicted molar refractivity (Wildman–Crippen MR) is 77.6 cm³/mol. The molecule has 0 aliphatic rings. The van der Waals surface area contributed by atoms with Crippen LogP contribution in [-0.4, -0.2) is 16.9 Å². The molecule has 1 aromatic carbocycles. The van der Waals surface area contributed by atoms with Crippen LogP contribution in [0.1, 0.15) is 34.6 Å². The lowest BCUT2D eigenvalue weighted by Gasteiger charge is -2.40. The average molecular weight is 258 g/mol. The molecule has 1 rings (SSSR count). The van der Waals surface area contributed by atoms with Gasteiger partial charge in [-0.3, -0.25) is 8.74 Å². The summed E-state index contributed by atoms with van der Waals surface area (Å²) in [5.74, 6) is 0.833. The third-order valence-electron chi connectivity index (χ3n) is 1.97. The molecular weight excluding hydrogens is 232 g/mol. The molecule has 0 spiro atoms. The summed E-state index contributed by atoms with van der Waals surface area (Å²) in [6.45, 7) is 10.4. The third kappa shape index (κ3) is 5.57. The van der Waals surface area contributed by atoms with E-state index < -0.39 is 10.6 Å². The van der Waals surface area contributed by atoms with Crippen molar-refractivity contribution in [2.75, 3.05) is 7.11 Å². The summed E-state index contributed by atoms with van der Waals surface area (Å²) in [7, 11) is -0.514. The number of hydrogen-bond acceptors (Lipinski definition) is 2. The Hall–Kier alpha value is -0.510. The van der Waals surface area contributed by atoms with Crippen molar-refractivity contribution in [3.8, 4) is 0 Å². The van der Waals surface area contributed by atoms with E-state index in [1.807, 2.05) is 44.2 Å². The minimum absolute atomic E-state index is 0.111. The Labute approximate surface area is 108 Å². The maximum atomic E-state index is 10.2. The Balaban J connectivity index is 0.000000557. The van der Waals surface area contributed by atoms with Crippen LogP contribution in [0.5, 0.6) is 0 Å². The molecule has 0 saturated carbocycles. The maximum Gasteiger partial charge on any atom is 0.0608 e. The van der Waals surface area contributed by atoms with E-state index in [2.05, 4.69) is 20.8 Å². The van der Waals surface area contributed by atoms with Crippen molar-refractivity contribution < 1.29 is 8.74 Å². The average Bonchev–Trinajstić information content (AvgIpc) is 2.28. The zero-order valence-electron chi connectivity index (χ0n) is 11.8. The largest absolute Gasteiger partial charge is 0.294 e. The smallest absolute Gasteiger partial charge is 0.0608 e. The van der Waals surface area contributed by atoms with Crippen LogP contribution in [0.4, 0.5) is 0 Å². The molecule has 1 atom stereocenters. The highest BCUT2D eigenvalue weighted by molar-refractivity contribution is 8.25. The Morgan fingerprint density at radius 2 is 1.41 bits per heavy atom. The molecule has 3 heteroatoms. The van der Waals surface area contributed by atoms with E-state index >= 15 is 0 Å². The molecule has 0 bridgehead atoms. The van der Waals surface area contributed by atoms with Crippen molar-refractivity contribution in [2.45, 2.75) is 44.8 Å². The van der Waals surface area contributed by atoms with Gasteiger partial charge in [0, 0.05) is 5.25 Å². The van der Waals surface area contributed by atoms with Gasteiger partial charge in [-0.25, -0.2) is 0 Å². The molecule has 100 valence electrons. The molecule has 0 saturated heterocycles. The highest BCUT2D eigenvalue weighted by Crippen LogP contribution is 2.56. The van der Waals surface area contributed by atoms with Gasteiger partial charge in [-0.1, -0.05) is 39.0 Å². The highest BCUT2D eigenvalue weighted by atomic mass is 32.3. The topological polar surface area (TPSA) is 29.5 Å². The molecule has 0 amide bonds. The molecule has 0 fully saturated rings. The summed E-state index contributed by atoms with van der Waals surface area (Å²) in [5, 5.41) is 0.111. The summed E-state index contributed by atoms with van der Waals surface area (Å²) >= 11 is 0. The molecule has 1 aromatic rings. The van der Waals surface area contributed by atoms with Gasteiger partial charge in [0.2, 0.25) is 0 Å². The normalized spacial score (nSPS) is 16.1. The van der Waals surface area contributed by atoms with E-state index in [1.165, 1.54) is 0 Å². The molecule has 0 aromatic heterocycles. The van der Waals surface area contributed by atoms with Crippen LogP contribution in [0.25, 0.3) is 0 Å². The molecule has 0 radical (unpaired) electrons. The van der Waals surface area contributed by atoms with Gasteiger partial charge in [0.1, 0.15) is 0 Å². The Kier molecular flexibility index (Phi) is 7.51. The van der Waals surface area contributed by atoms with Gasteiger partial charge >= 0.3 is 0 Å². The number of rotatable bonds is 3. The molecule has 1 unspecified atom stereocenters. The third-order valence-corrected chi connectivity index (χ3v) is 4.71. The molecular formula is C14H26O2S. The van der Waals surface area contributed by atoms with Crippen LogP contribution in [0, 0.1) is 5.92 Å². The molecule has 0 aliphatic heterocycles. The van der Waals surface area contributed by atoms with Gasteiger partial charge in [-0.15, -0.1) is 0 Å². The first-order valence-electron chi connectivity index (χ1n) is 5.99. The summed E-state index contributed by atoms with van der Waals surface area (Å²) in [5.41, 5.74) is 0. The molecule has 1 N–H and O–H groups in total. The molecule has 17 heavy (non-hydrogen) atoms. The van der Waals surface area contributed by atoms with Gasteiger partial charge in [0.15, 0.2) is 0 Å². The molecule has 2 nitrogen and oxygen atoms in total. The molecule has 0 heterocycles. The van der Waals surface area contributed by atoms with Gasteiger partial charge in [0.25, 0.3) is 0 Å². The lowest BCUT2D eigenvalue weighted by atomic mass is 10.3. The summed E-state index contributed by atoms with van der Waals surface area (Å²) in [6, 6.07) is 9.56. The SMILES string of the molecule is CC(C)C.COS(O)(c1ccccc1)C(C)C. The second kappa shape index (κ2) is 7.75. The summed E-state index contributed by atoms with van der Waals surface area (Å²) in [6.07, 6.45) is 0. The van der Waals surface area contributed by atoms with E-state index in [1.54, 1.807) is 7.11 Å².